The minimum absolute atomic E-state index is 0.311. The second-order valence-corrected chi connectivity index (χ2v) is 9.76. The van der Waals surface area contributed by atoms with E-state index < -0.39 is 0 Å². The summed E-state index contributed by atoms with van der Waals surface area (Å²) in [5.74, 6) is 0.555. The molecule has 9 aromatic rings. The SMILES string of the molecule is N#Cc1nc2ccccc2nc1-n1c2ccccc2c2c3c4ccccc4n4c5ccccc5c(cc21)c34. The first-order chi connectivity index (χ1) is 18.8. The molecule has 5 heteroatoms. The standard InChI is InChI=1S/C33H17N5/c34-18-25-33(36-24-13-5-4-12-23(24)35-25)38-28-16-8-2-10-20(28)30-29(38)17-22-19-9-1-6-14-26(19)37-27-15-7-3-11-21(27)31(30)32(22)37/h1-17H. The topological polar surface area (TPSA) is 58.9 Å². The van der Waals surface area contributed by atoms with Crippen LogP contribution in [-0.4, -0.2) is 18.9 Å². The predicted molar refractivity (Wildman–Crippen MR) is 153 cm³/mol. The molecule has 0 N–H and O–H groups in total. The van der Waals surface area contributed by atoms with E-state index in [1.165, 1.54) is 43.5 Å². The molecule has 38 heavy (non-hydrogen) atoms. The van der Waals surface area contributed by atoms with Crippen LogP contribution < -0.4 is 0 Å². The first-order valence-electron chi connectivity index (χ1n) is 12.6. The molecule has 174 valence electrons. The number of benzene rings is 5. The zero-order valence-electron chi connectivity index (χ0n) is 20.1. The van der Waals surface area contributed by atoms with Crippen LogP contribution in [0.25, 0.3) is 76.8 Å². The Hall–Kier alpha value is -5.47. The summed E-state index contributed by atoms with van der Waals surface area (Å²) in [4.78, 5) is 9.71. The van der Waals surface area contributed by atoms with Gasteiger partial charge in [0.1, 0.15) is 6.07 Å². The molecule has 9 rings (SSSR count). The summed E-state index contributed by atoms with van der Waals surface area (Å²) in [6.45, 7) is 0. The molecule has 0 saturated carbocycles. The van der Waals surface area contributed by atoms with Gasteiger partial charge in [-0.1, -0.05) is 66.7 Å². The van der Waals surface area contributed by atoms with Crippen molar-refractivity contribution in [3.05, 3.63) is 109 Å². The van der Waals surface area contributed by atoms with Crippen LogP contribution in [0.4, 0.5) is 0 Å². The molecule has 0 bridgehead atoms. The van der Waals surface area contributed by atoms with Gasteiger partial charge in [0, 0.05) is 32.3 Å². The van der Waals surface area contributed by atoms with E-state index in [0.717, 1.165) is 21.9 Å². The van der Waals surface area contributed by atoms with Crippen molar-refractivity contribution in [2.24, 2.45) is 0 Å². The first-order valence-corrected chi connectivity index (χ1v) is 12.6. The third-order valence-electron chi connectivity index (χ3n) is 7.88. The Morgan fingerprint density at radius 2 is 1.13 bits per heavy atom. The maximum Gasteiger partial charge on any atom is 0.184 e. The Morgan fingerprint density at radius 3 is 1.87 bits per heavy atom. The smallest absolute Gasteiger partial charge is 0.184 e. The molecular weight excluding hydrogens is 466 g/mol. The van der Waals surface area contributed by atoms with Crippen LogP contribution >= 0.6 is 0 Å². The van der Waals surface area contributed by atoms with Crippen LogP contribution in [0, 0.1) is 11.3 Å². The van der Waals surface area contributed by atoms with Crippen LogP contribution in [0.3, 0.4) is 0 Å². The average molecular weight is 484 g/mol. The molecule has 4 heterocycles. The first kappa shape index (κ1) is 19.7. The van der Waals surface area contributed by atoms with Crippen LogP contribution in [-0.2, 0) is 0 Å². The number of hydrogen-bond acceptors (Lipinski definition) is 3. The van der Waals surface area contributed by atoms with E-state index in [1.807, 2.05) is 30.3 Å². The molecule has 0 fully saturated rings. The summed E-state index contributed by atoms with van der Waals surface area (Å²) in [5.41, 5.74) is 7.44. The number of rotatable bonds is 1. The fourth-order valence-corrected chi connectivity index (χ4v) is 6.41. The highest BCUT2D eigenvalue weighted by Gasteiger charge is 2.25. The van der Waals surface area contributed by atoms with Crippen LogP contribution in [0.2, 0.25) is 0 Å². The number of nitriles is 1. The van der Waals surface area contributed by atoms with E-state index >= 15 is 0 Å². The van der Waals surface area contributed by atoms with Gasteiger partial charge in [0.05, 0.1) is 38.6 Å². The number of nitrogens with zero attached hydrogens (tertiary/aromatic N) is 5. The van der Waals surface area contributed by atoms with Gasteiger partial charge in [0.2, 0.25) is 0 Å². The van der Waals surface area contributed by atoms with Crippen molar-refractivity contribution in [1.29, 1.82) is 5.26 Å². The number of fused-ring (bicyclic) bond motifs is 11. The van der Waals surface area contributed by atoms with E-state index in [2.05, 4.69) is 87.8 Å². The maximum atomic E-state index is 10.2. The van der Waals surface area contributed by atoms with Crippen molar-refractivity contribution < 1.29 is 0 Å². The summed E-state index contributed by atoms with van der Waals surface area (Å²) >= 11 is 0. The summed E-state index contributed by atoms with van der Waals surface area (Å²) in [5, 5.41) is 17.3. The van der Waals surface area contributed by atoms with Crippen molar-refractivity contribution in [2.45, 2.75) is 0 Å². The second-order valence-electron chi connectivity index (χ2n) is 9.76. The lowest BCUT2D eigenvalue weighted by molar-refractivity contribution is 1.06. The Kier molecular flexibility index (Phi) is 3.55. The van der Waals surface area contributed by atoms with E-state index in [1.54, 1.807) is 0 Å². The van der Waals surface area contributed by atoms with Crippen molar-refractivity contribution >= 4 is 70.9 Å². The minimum atomic E-state index is 0.311. The predicted octanol–water partition coefficient (Wildman–Crippen LogP) is 7.75. The number of para-hydroxylation sites is 5. The van der Waals surface area contributed by atoms with Crippen LogP contribution in [0.15, 0.2) is 103 Å². The van der Waals surface area contributed by atoms with Gasteiger partial charge in [-0.25, -0.2) is 9.97 Å². The fourth-order valence-electron chi connectivity index (χ4n) is 6.41. The third kappa shape index (κ3) is 2.26. The number of aromatic nitrogens is 4. The summed E-state index contributed by atoms with van der Waals surface area (Å²) < 4.78 is 4.53. The Labute approximate surface area is 215 Å². The number of hydrogen-bond donors (Lipinski definition) is 0. The van der Waals surface area contributed by atoms with Gasteiger partial charge in [-0.15, -0.1) is 0 Å². The summed E-state index contributed by atoms with van der Waals surface area (Å²) in [7, 11) is 0. The van der Waals surface area contributed by atoms with Gasteiger partial charge in [-0.05, 0) is 36.4 Å². The molecule has 0 spiro atoms. The highest BCUT2D eigenvalue weighted by molar-refractivity contribution is 6.35. The van der Waals surface area contributed by atoms with Crippen LogP contribution in [0.5, 0.6) is 0 Å². The molecule has 0 saturated heterocycles. The second kappa shape index (κ2) is 6.84. The Morgan fingerprint density at radius 1 is 0.553 bits per heavy atom. The monoisotopic (exact) mass is 483 g/mol. The molecule has 0 radical (unpaired) electrons. The lowest BCUT2D eigenvalue weighted by Gasteiger charge is -2.10. The molecule has 0 atom stereocenters. The van der Waals surface area contributed by atoms with Crippen molar-refractivity contribution in [2.75, 3.05) is 0 Å². The lowest BCUT2D eigenvalue weighted by Crippen LogP contribution is -2.04. The molecule has 0 unspecified atom stereocenters. The molecule has 5 aromatic carbocycles. The summed E-state index contributed by atoms with van der Waals surface area (Å²) in [6.07, 6.45) is 0. The van der Waals surface area contributed by atoms with Crippen molar-refractivity contribution in [1.82, 2.24) is 18.9 Å². The minimum Gasteiger partial charge on any atom is -0.308 e. The van der Waals surface area contributed by atoms with Gasteiger partial charge in [0.15, 0.2) is 11.5 Å². The molecule has 4 aromatic heterocycles. The van der Waals surface area contributed by atoms with Crippen LogP contribution in [0.1, 0.15) is 5.69 Å². The molecule has 5 nitrogen and oxygen atoms in total. The Balaban J connectivity index is 1.60. The average Bonchev–Trinajstić information content (AvgIpc) is 3.60. The highest BCUT2D eigenvalue weighted by atomic mass is 15.1. The molecule has 0 aliphatic rings. The quantitative estimate of drug-likeness (QED) is 0.240. The zero-order chi connectivity index (χ0) is 25.0. The van der Waals surface area contributed by atoms with Gasteiger partial charge in [-0.3, -0.25) is 4.57 Å². The van der Waals surface area contributed by atoms with E-state index in [4.69, 9.17) is 9.97 Å². The van der Waals surface area contributed by atoms with E-state index in [0.29, 0.717) is 17.0 Å². The molecule has 0 aliphatic carbocycles. The molecular formula is C33H17N5. The maximum absolute atomic E-state index is 10.2. The summed E-state index contributed by atoms with van der Waals surface area (Å²) in [6, 6.07) is 37.9. The zero-order valence-corrected chi connectivity index (χ0v) is 20.1. The highest BCUT2D eigenvalue weighted by Crippen LogP contribution is 2.46. The van der Waals surface area contributed by atoms with Gasteiger partial charge in [-0.2, -0.15) is 5.26 Å². The van der Waals surface area contributed by atoms with Crippen molar-refractivity contribution in [3.8, 4) is 11.9 Å². The van der Waals surface area contributed by atoms with Crippen molar-refractivity contribution in [3.63, 3.8) is 0 Å². The molecule has 0 aliphatic heterocycles. The largest absolute Gasteiger partial charge is 0.308 e. The van der Waals surface area contributed by atoms with Gasteiger partial charge < -0.3 is 4.40 Å². The fraction of sp³-hybridized carbons (Fsp3) is 0. The normalized spacial score (nSPS) is 12.2. The van der Waals surface area contributed by atoms with E-state index in [-0.39, 0.29) is 0 Å². The lowest BCUT2D eigenvalue weighted by atomic mass is 10.0. The molecule has 0 amide bonds. The third-order valence-corrected chi connectivity index (χ3v) is 7.88. The van der Waals surface area contributed by atoms with Gasteiger partial charge >= 0.3 is 0 Å². The van der Waals surface area contributed by atoms with E-state index in [9.17, 15) is 5.26 Å². The van der Waals surface area contributed by atoms with Gasteiger partial charge in [0.25, 0.3) is 0 Å². The Bertz CT molecular complexity index is 2470.